The van der Waals surface area contributed by atoms with Gasteiger partial charge in [0.05, 0.1) is 0 Å². The van der Waals surface area contributed by atoms with E-state index in [1.807, 2.05) is 0 Å². The first-order valence-electron chi connectivity index (χ1n) is 3.33. The van der Waals surface area contributed by atoms with Crippen LogP contribution in [0.4, 0.5) is 0 Å². The number of carbonyl (C=O) groups is 2. The van der Waals surface area contributed by atoms with E-state index in [9.17, 15) is 9.59 Å². The van der Waals surface area contributed by atoms with E-state index >= 15 is 0 Å². The lowest BCUT2D eigenvalue weighted by Crippen LogP contribution is -2.26. The van der Waals surface area contributed by atoms with Crippen molar-refractivity contribution in [3.05, 3.63) is 0 Å². The maximum atomic E-state index is 10.9. The summed E-state index contributed by atoms with van der Waals surface area (Å²) in [5.41, 5.74) is 0. The Balaban J connectivity index is 2.74. The molecule has 0 aromatic carbocycles. The van der Waals surface area contributed by atoms with Gasteiger partial charge >= 0.3 is 5.97 Å². The van der Waals surface area contributed by atoms with Crippen LogP contribution in [-0.4, -0.2) is 23.6 Å². The van der Waals surface area contributed by atoms with Crippen molar-refractivity contribution in [3.63, 3.8) is 0 Å². The first-order valence-corrected chi connectivity index (χ1v) is 3.33. The van der Waals surface area contributed by atoms with Crippen LogP contribution in [0, 0.1) is 0 Å². The zero-order valence-corrected chi connectivity index (χ0v) is 6.71. The van der Waals surface area contributed by atoms with Crippen molar-refractivity contribution in [2.75, 3.05) is 0 Å². The van der Waals surface area contributed by atoms with Crippen LogP contribution in [-0.2, 0) is 19.1 Å². The molecule has 4 nitrogen and oxygen atoms in total. The van der Waals surface area contributed by atoms with Crippen molar-refractivity contribution in [3.8, 4) is 0 Å². The van der Waals surface area contributed by atoms with Gasteiger partial charge in [0, 0.05) is 13.8 Å². The van der Waals surface area contributed by atoms with E-state index in [0.717, 1.165) is 0 Å². The van der Waals surface area contributed by atoms with Crippen LogP contribution in [0.5, 0.6) is 0 Å². The predicted octanol–water partition coefficient (Wildman–Crippen LogP) is 0.253. The van der Waals surface area contributed by atoms with Gasteiger partial charge in [-0.05, 0) is 6.92 Å². The standard InChI is InChI=1S/C7H10O4/c1-4(8)5-6(9)11-7(2,3)10-5/h5H,1-3H3. The highest BCUT2D eigenvalue weighted by Crippen LogP contribution is 2.23. The number of ketones is 1. The Morgan fingerprint density at radius 2 is 2.09 bits per heavy atom. The van der Waals surface area contributed by atoms with E-state index in [-0.39, 0.29) is 5.78 Å². The Hall–Kier alpha value is -0.900. The highest BCUT2D eigenvalue weighted by atomic mass is 16.8. The lowest BCUT2D eigenvalue weighted by molar-refractivity contribution is -0.162. The molecule has 0 N–H and O–H groups in total. The molecule has 0 bridgehead atoms. The molecule has 0 amide bonds. The van der Waals surface area contributed by atoms with Gasteiger partial charge in [-0.3, -0.25) is 4.79 Å². The smallest absolute Gasteiger partial charge is 0.345 e. The van der Waals surface area contributed by atoms with Crippen molar-refractivity contribution in [2.24, 2.45) is 0 Å². The SMILES string of the molecule is CC(=O)C1OC(C)(C)OC1=O. The first-order chi connectivity index (χ1) is 4.92. The molecule has 11 heavy (non-hydrogen) atoms. The van der Waals surface area contributed by atoms with Crippen LogP contribution in [0.1, 0.15) is 20.8 Å². The molecule has 4 heteroatoms. The summed E-state index contributed by atoms with van der Waals surface area (Å²) in [4.78, 5) is 21.6. The normalized spacial score (nSPS) is 28.3. The predicted molar refractivity (Wildman–Crippen MR) is 35.7 cm³/mol. The Labute approximate surface area is 64.5 Å². The summed E-state index contributed by atoms with van der Waals surface area (Å²) in [5.74, 6) is -1.86. The minimum absolute atomic E-state index is 0.319. The zero-order valence-electron chi connectivity index (χ0n) is 6.71. The molecule has 0 aromatic heterocycles. The summed E-state index contributed by atoms with van der Waals surface area (Å²) >= 11 is 0. The minimum atomic E-state index is -1.02. The lowest BCUT2D eigenvalue weighted by Gasteiger charge is -2.14. The third-order valence-electron chi connectivity index (χ3n) is 1.33. The molecule has 1 heterocycles. The average molecular weight is 158 g/mol. The molecule has 1 aliphatic rings. The molecule has 1 rings (SSSR count). The number of esters is 1. The Morgan fingerprint density at radius 1 is 1.55 bits per heavy atom. The van der Waals surface area contributed by atoms with E-state index in [0.29, 0.717) is 0 Å². The van der Waals surface area contributed by atoms with E-state index in [4.69, 9.17) is 9.47 Å². The summed E-state index contributed by atoms with van der Waals surface area (Å²) in [6.45, 7) is 4.48. The average Bonchev–Trinajstić information content (AvgIpc) is 2.05. The molecule has 1 saturated heterocycles. The maximum absolute atomic E-state index is 10.9. The molecule has 0 aromatic rings. The molecule has 0 aliphatic carbocycles. The number of hydrogen-bond acceptors (Lipinski definition) is 4. The van der Waals surface area contributed by atoms with Gasteiger partial charge in [0.25, 0.3) is 0 Å². The largest absolute Gasteiger partial charge is 0.431 e. The highest BCUT2D eigenvalue weighted by Gasteiger charge is 2.43. The van der Waals surface area contributed by atoms with Crippen molar-refractivity contribution >= 4 is 11.8 Å². The summed E-state index contributed by atoms with van der Waals surface area (Å²) in [7, 11) is 0. The van der Waals surface area contributed by atoms with E-state index in [1.54, 1.807) is 13.8 Å². The van der Waals surface area contributed by atoms with Crippen LogP contribution < -0.4 is 0 Å². The van der Waals surface area contributed by atoms with Gasteiger partial charge in [0.2, 0.25) is 11.9 Å². The number of hydrogen-bond donors (Lipinski definition) is 0. The summed E-state index contributed by atoms with van der Waals surface area (Å²) in [6.07, 6.45) is -1.02. The van der Waals surface area contributed by atoms with Crippen molar-refractivity contribution < 1.29 is 19.1 Å². The molecule has 1 atom stereocenters. The number of Topliss-reactive ketones (excluding diaryl/α,β-unsaturated/α-hetero) is 1. The topological polar surface area (TPSA) is 52.6 Å². The Morgan fingerprint density at radius 3 is 2.27 bits per heavy atom. The van der Waals surface area contributed by atoms with E-state index < -0.39 is 17.9 Å². The van der Waals surface area contributed by atoms with Crippen LogP contribution in [0.2, 0.25) is 0 Å². The first kappa shape index (κ1) is 8.20. The minimum Gasteiger partial charge on any atom is -0.431 e. The van der Waals surface area contributed by atoms with Crippen LogP contribution in [0.25, 0.3) is 0 Å². The number of cyclic esters (lactones) is 1. The fourth-order valence-electron chi connectivity index (χ4n) is 0.901. The maximum Gasteiger partial charge on any atom is 0.345 e. The summed E-state index contributed by atoms with van der Waals surface area (Å²) in [5, 5.41) is 0. The third-order valence-corrected chi connectivity index (χ3v) is 1.33. The molecule has 0 saturated carbocycles. The van der Waals surface area contributed by atoms with Gasteiger partial charge in [0.15, 0.2) is 5.78 Å². The molecule has 0 spiro atoms. The fraction of sp³-hybridized carbons (Fsp3) is 0.714. The van der Waals surface area contributed by atoms with Crippen molar-refractivity contribution in [1.29, 1.82) is 0 Å². The second-order valence-electron chi connectivity index (χ2n) is 2.93. The van der Waals surface area contributed by atoms with Crippen molar-refractivity contribution in [2.45, 2.75) is 32.7 Å². The van der Waals surface area contributed by atoms with Gasteiger partial charge in [-0.1, -0.05) is 0 Å². The van der Waals surface area contributed by atoms with E-state index in [1.165, 1.54) is 6.92 Å². The third kappa shape index (κ3) is 1.57. The van der Waals surface area contributed by atoms with Crippen LogP contribution in [0.3, 0.4) is 0 Å². The van der Waals surface area contributed by atoms with Gasteiger partial charge in [-0.2, -0.15) is 0 Å². The molecule has 0 radical (unpaired) electrons. The second-order valence-corrected chi connectivity index (χ2v) is 2.93. The Bertz CT molecular complexity index is 206. The van der Waals surface area contributed by atoms with Gasteiger partial charge in [0.1, 0.15) is 0 Å². The highest BCUT2D eigenvalue weighted by molar-refractivity contribution is 6.01. The molecule has 1 fully saturated rings. The zero-order chi connectivity index (χ0) is 8.65. The molecular weight excluding hydrogens is 148 g/mol. The number of rotatable bonds is 1. The summed E-state index contributed by atoms with van der Waals surface area (Å²) in [6, 6.07) is 0. The van der Waals surface area contributed by atoms with Gasteiger partial charge < -0.3 is 9.47 Å². The second kappa shape index (κ2) is 2.30. The molecule has 62 valence electrons. The quantitative estimate of drug-likeness (QED) is 0.405. The van der Waals surface area contributed by atoms with Gasteiger partial charge in [-0.25, -0.2) is 4.79 Å². The van der Waals surface area contributed by atoms with Crippen molar-refractivity contribution in [1.82, 2.24) is 0 Å². The monoisotopic (exact) mass is 158 g/mol. The molecular formula is C7H10O4. The summed E-state index contributed by atoms with van der Waals surface area (Å²) < 4.78 is 9.74. The Kier molecular flexibility index (Phi) is 1.72. The lowest BCUT2D eigenvalue weighted by atomic mass is 10.3. The number of ether oxygens (including phenoxy) is 2. The van der Waals surface area contributed by atoms with Crippen LogP contribution in [0.15, 0.2) is 0 Å². The molecule has 1 aliphatic heterocycles. The van der Waals surface area contributed by atoms with Gasteiger partial charge in [-0.15, -0.1) is 0 Å². The molecule has 1 unspecified atom stereocenters. The van der Waals surface area contributed by atoms with E-state index in [2.05, 4.69) is 0 Å². The fourth-order valence-corrected chi connectivity index (χ4v) is 0.901. The number of carbonyl (C=O) groups excluding carboxylic acids is 2. The van der Waals surface area contributed by atoms with Crippen LogP contribution >= 0.6 is 0 Å².